The van der Waals surface area contributed by atoms with E-state index in [2.05, 4.69) is 0 Å². The van der Waals surface area contributed by atoms with Gasteiger partial charge in [-0.05, 0) is 37.0 Å². The van der Waals surface area contributed by atoms with Crippen molar-refractivity contribution in [2.24, 2.45) is 0 Å². The summed E-state index contributed by atoms with van der Waals surface area (Å²) in [4.78, 5) is 11.2. The van der Waals surface area contributed by atoms with Crippen LogP contribution in [0.15, 0.2) is 23.1 Å². The summed E-state index contributed by atoms with van der Waals surface area (Å²) in [5, 5.41) is 9.29. The first kappa shape index (κ1) is 16.3. The first-order chi connectivity index (χ1) is 9.87. The van der Waals surface area contributed by atoms with Crippen LogP contribution in [0.2, 0.25) is 5.02 Å². The van der Waals surface area contributed by atoms with Gasteiger partial charge in [-0.25, -0.2) is 8.42 Å². The number of hydrogen-bond donors (Lipinski definition) is 1. The summed E-state index contributed by atoms with van der Waals surface area (Å²) in [5.41, 5.74) is 0.881. The molecular weight excluding hydrogens is 314 g/mol. The SMILES string of the molecule is CCCc1ccc(Cl)c(S(=O)(=O)N2CCCC2C(=O)O)c1. The number of halogens is 1. The van der Waals surface area contributed by atoms with Crippen LogP contribution in [0, 0.1) is 0 Å². The molecule has 1 atom stereocenters. The van der Waals surface area contributed by atoms with E-state index in [1.54, 1.807) is 18.2 Å². The van der Waals surface area contributed by atoms with Gasteiger partial charge in [0.05, 0.1) is 5.02 Å². The van der Waals surface area contributed by atoms with Gasteiger partial charge in [-0.2, -0.15) is 4.31 Å². The van der Waals surface area contributed by atoms with Gasteiger partial charge in [0.15, 0.2) is 0 Å². The second-order valence-corrected chi connectivity index (χ2v) is 7.39. The Balaban J connectivity index is 2.44. The van der Waals surface area contributed by atoms with Crippen LogP contribution < -0.4 is 0 Å². The topological polar surface area (TPSA) is 74.7 Å². The molecule has 7 heteroatoms. The molecule has 1 saturated heterocycles. The Morgan fingerprint density at radius 2 is 2.19 bits per heavy atom. The second kappa shape index (κ2) is 6.34. The average molecular weight is 332 g/mol. The van der Waals surface area contributed by atoms with E-state index in [0.717, 1.165) is 22.7 Å². The zero-order valence-electron chi connectivity index (χ0n) is 11.8. The molecule has 1 aliphatic rings. The van der Waals surface area contributed by atoms with Gasteiger partial charge in [-0.15, -0.1) is 0 Å². The molecule has 1 aromatic rings. The summed E-state index contributed by atoms with van der Waals surface area (Å²) in [6.07, 6.45) is 2.52. The van der Waals surface area contributed by atoms with E-state index in [1.165, 1.54) is 0 Å². The molecule has 0 aromatic heterocycles. The van der Waals surface area contributed by atoms with Crippen molar-refractivity contribution < 1.29 is 18.3 Å². The van der Waals surface area contributed by atoms with E-state index in [-0.39, 0.29) is 16.5 Å². The quantitative estimate of drug-likeness (QED) is 0.899. The third-order valence-electron chi connectivity index (χ3n) is 3.61. The van der Waals surface area contributed by atoms with Crippen molar-refractivity contribution in [3.63, 3.8) is 0 Å². The molecule has 21 heavy (non-hydrogen) atoms. The number of aliphatic carboxylic acids is 1. The van der Waals surface area contributed by atoms with Gasteiger partial charge in [0.2, 0.25) is 10.0 Å². The molecule has 1 heterocycles. The predicted octanol–water partition coefficient (Wildman–Crippen LogP) is 2.53. The molecule has 116 valence electrons. The molecule has 2 rings (SSSR count). The van der Waals surface area contributed by atoms with E-state index in [1.807, 2.05) is 6.92 Å². The maximum absolute atomic E-state index is 12.7. The van der Waals surface area contributed by atoms with E-state index >= 15 is 0 Å². The van der Waals surface area contributed by atoms with Crippen molar-refractivity contribution >= 4 is 27.6 Å². The van der Waals surface area contributed by atoms with Crippen LogP contribution in [0.5, 0.6) is 0 Å². The number of carboxylic acids is 1. The van der Waals surface area contributed by atoms with E-state index < -0.39 is 22.0 Å². The lowest BCUT2D eigenvalue weighted by atomic mass is 10.1. The molecule has 1 N–H and O–H groups in total. The van der Waals surface area contributed by atoms with Crippen LogP contribution in [0.25, 0.3) is 0 Å². The summed E-state index contributed by atoms with van der Waals surface area (Å²) in [6.45, 7) is 2.22. The van der Waals surface area contributed by atoms with Crippen molar-refractivity contribution in [1.29, 1.82) is 0 Å². The molecule has 1 unspecified atom stereocenters. The third kappa shape index (κ3) is 3.22. The van der Waals surface area contributed by atoms with Gasteiger partial charge in [0, 0.05) is 6.54 Å². The maximum atomic E-state index is 12.7. The van der Waals surface area contributed by atoms with Crippen LogP contribution in [0.3, 0.4) is 0 Å². The number of carbonyl (C=O) groups is 1. The monoisotopic (exact) mass is 331 g/mol. The number of benzene rings is 1. The lowest BCUT2D eigenvalue weighted by molar-refractivity contribution is -0.140. The van der Waals surface area contributed by atoms with Crippen LogP contribution in [0.1, 0.15) is 31.7 Å². The molecule has 0 radical (unpaired) electrons. The van der Waals surface area contributed by atoms with Gasteiger partial charge in [0.25, 0.3) is 0 Å². The van der Waals surface area contributed by atoms with Crippen molar-refractivity contribution in [3.05, 3.63) is 28.8 Å². The predicted molar refractivity (Wildman–Crippen MR) is 80.0 cm³/mol. The zero-order valence-corrected chi connectivity index (χ0v) is 13.3. The Morgan fingerprint density at radius 3 is 2.81 bits per heavy atom. The Morgan fingerprint density at radius 1 is 1.48 bits per heavy atom. The Bertz CT molecular complexity index is 644. The second-order valence-electron chi connectivity index (χ2n) is 5.13. The molecule has 0 bridgehead atoms. The molecule has 0 aliphatic carbocycles. The first-order valence-corrected chi connectivity index (χ1v) is 8.72. The highest BCUT2D eigenvalue weighted by Gasteiger charge is 2.40. The number of rotatable bonds is 5. The van der Waals surface area contributed by atoms with Gasteiger partial charge < -0.3 is 5.11 Å². The van der Waals surface area contributed by atoms with Gasteiger partial charge >= 0.3 is 5.97 Å². The minimum atomic E-state index is -3.88. The van der Waals surface area contributed by atoms with E-state index in [0.29, 0.717) is 12.8 Å². The number of carboxylic acid groups (broad SMARTS) is 1. The molecule has 5 nitrogen and oxygen atoms in total. The van der Waals surface area contributed by atoms with Crippen LogP contribution in [-0.2, 0) is 21.2 Å². The van der Waals surface area contributed by atoms with Crippen molar-refractivity contribution in [1.82, 2.24) is 4.31 Å². The molecule has 0 amide bonds. The fourth-order valence-electron chi connectivity index (χ4n) is 2.59. The normalized spacial score (nSPS) is 19.8. The fraction of sp³-hybridized carbons (Fsp3) is 0.500. The lowest BCUT2D eigenvalue weighted by Gasteiger charge is -2.22. The van der Waals surface area contributed by atoms with Gasteiger partial charge in [0.1, 0.15) is 10.9 Å². The Kier molecular flexibility index (Phi) is 4.91. The summed E-state index contributed by atoms with van der Waals surface area (Å²) >= 11 is 6.03. The van der Waals surface area contributed by atoms with Crippen LogP contribution in [0.4, 0.5) is 0 Å². The molecular formula is C14H18ClNO4S. The number of nitrogens with zero attached hydrogens (tertiary/aromatic N) is 1. The zero-order chi connectivity index (χ0) is 15.6. The highest BCUT2D eigenvalue weighted by Crippen LogP contribution is 2.31. The van der Waals surface area contributed by atoms with Crippen molar-refractivity contribution in [2.75, 3.05) is 6.54 Å². The average Bonchev–Trinajstić information content (AvgIpc) is 2.91. The molecule has 0 spiro atoms. The summed E-state index contributed by atoms with van der Waals surface area (Å²) < 4.78 is 26.5. The van der Waals surface area contributed by atoms with Crippen molar-refractivity contribution in [3.8, 4) is 0 Å². The Hall–Kier alpha value is -1.11. The standard InChI is InChI=1S/C14H18ClNO4S/c1-2-4-10-6-7-11(15)13(9-10)21(19,20)16-8-3-5-12(16)14(17)18/h6-7,9,12H,2-5,8H2,1H3,(H,17,18). The maximum Gasteiger partial charge on any atom is 0.322 e. The van der Waals surface area contributed by atoms with Crippen molar-refractivity contribution in [2.45, 2.75) is 43.5 Å². The van der Waals surface area contributed by atoms with Crippen LogP contribution in [-0.4, -0.2) is 36.4 Å². The highest BCUT2D eigenvalue weighted by atomic mass is 35.5. The lowest BCUT2D eigenvalue weighted by Crippen LogP contribution is -2.40. The van der Waals surface area contributed by atoms with Gasteiger partial charge in [-0.1, -0.05) is 31.0 Å². The largest absolute Gasteiger partial charge is 0.480 e. The van der Waals surface area contributed by atoms with Crippen LogP contribution >= 0.6 is 11.6 Å². The van der Waals surface area contributed by atoms with Gasteiger partial charge in [-0.3, -0.25) is 4.79 Å². The Labute approximate surface area is 129 Å². The third-order valence-corrected chi connectivity index (χ3v) is 6.00. The number of hydrogen-bond acceptors (Lipinski definition) is 3. The number of aryl methyl sites for hydroxylation is 1. The van der Waals surface area contributed by atoms with E-state index in [9.17, 15) is 13.2 Å². The molecule has 0 saturated carbocycles. The molecule has 1 aliphatic heterocycles. The summed E-state index contributed by atoms with van der Waals surface area (Å²) in [7, 11) is -3.88. The van der Waals surface area contributed by atoms with E-state index in [4.69, 9.17) is 16.7 Å². The summed E-state index contributed by atoms with van der Waals surface area (Å²) in [6, 6.07) is 3.91. The molecule has 1 fully saturated rings. The molecule has 1 aromatic carbocycles. The first-order valence-electron chi connectivity index (χ1n) is 6.91. The smallest absolute Gasteiger partial charge is 0.322 e. The highest BCUT2D eigenvalue weighted by molar-refractivity contribution is 7.89. The summed E-state index contributed by atoms with van der Waals surface area (Å²) in [5.74, 6) is -1.11. The number of sulfonamides is 1. The minimum Gasteiger partial charge on any atom is -0.480 e. The minimum absolute atomic E-state index is 0.00302. The fourth-order valence-corrected chi connectivity index (χ4v) is 4.77.